The zero-order chi connectivity index (χ0) is 20.1. The molecule has 0 aliphatic heterocycles. The molecular weight excluding hydrogens is 392 g/mol. The largest absolute Gasteiger partial charge is 0.497 e. The number of hydrogen-bond acceptors (Lipinski definition) is 5. The molecule has 8 heteroatoms. The van der Waals surface area contributed by atoms with Crippen molar-refractivity contribution in [3.05, 3.63) is 64.0 Å². The van der Waals surface area contributed by atoms with Crippen molar-refractivity contribution in [1.82, 2.24) is 14.5 Å². The van der Waals surface area contributed by atoms with Gasteiger partial charge in [0.2, 0.25) is 0 Å². The number of imidazole rings is 1. The maximum Gasteiger partial charge on any atom is 0.271 e. The first-order chi connectivity index (χ1) is 13.5. The SMILES string of the molecule is CCN(CC)CCn1c(Cc2ccc(OC)cc2)nc2cc([N+](=O)[O-])ccc21.Cl. The number of benzene rings is 2. The van der Waals surface area contributed by atoms with E-state index in [9.17, 15) is 10.1 Å². The number of nitrogens with zero attached hydrogens (tertiary/aromatic N) is 4. The summed E-state index contributed by atoms with van der Waals surface area (Å²) in [4.78, 5) is 17.8. The Morgan fingerprint density at radius 3 is 2.41 bits per heavy atom. The lowest BCUT2D eigenvalue weighted by Crippen LogP contribution is -2.27. The Kier molecular flexibility index (Phi) is 7.99. The van der Waals surface area contributed by atoms with Gasteiger partial charge < -0.3 is 14.2 Å². The highest BCUT2D eigenvalue weighted by molar-refractivity contribution is 5.85. The molecule has 156 valence electrons. The first kappa shape index (κ1) is 22.6. The van der Waals surface area contributed by atoms with Crippen LogP contribution in [0.4, 0.5) is 5.69 Å². The molecule has 0 amide bonds. The van der Waals surface area contributed by atoms with Gasteiger partial charge in [0.15, 0.2) is 0 Å². The van der Waals surface area contributed by atoms with Crippen LogP contribution in [-0.4, -0.2) is 46.1 Å². The standard InChI is InChI=1S/C21H26N4O3.ClH/c1-4-23(5-2)12-13-24-20-11-8-17(25(26)27)15-19(20)22-21(24)14-16-6-9-18(28-3)10-7-16;/h6-11,15H,4-5,12-14H2,1-3H3;1H. The van der Waals surface area contributed by atoms with Crippen LogP contribution in [0.2, 0.25) is 0 Å². The van der Waals surface area contributed by atoms with Crippen molar-refractivity contribution in [2.75, 3.05) is 26.7 Å². The molecule has 0 spiro atoms. The number of hydrogen-bond donors (Lipinski definition) is 0. The van der Waals surface area contributed by atoms with E-state index in [-0.39, 0.29) is 23.0 Å². The quantitative estimate of drug-likeness (QED) is 0.382. The zero-order valence-corrected chi connectivity index (χ0v) is 17.8. The highest BCUT2D eigenvalue weighted by Crippen LogP contribution is 2.24. The van der Waals surface area contributed by atoms with Gasteiger partial charge in [0.1, 0.15) is 11.6 Å². The number of methoxy groups -OCH3 is 1. The summed E-state index contributed by atoms with van der Waals surface area (Å²) in [5.41, 5.74) is 2.78. The molecule has 3 rings (SSSR count). The summed E-state index contributed by atoms with van der Waals surface area (Å²) in [6, 6.07) is 12.8. The fourth-order valence-electron chi connectivity index (χ4n) is 3.37. The highest BCUT2D eigenvalue weighted by Gasteiger charge is 2.15. The Morgan fingerprint density at radius 1 is 1.14 bits per heavy atom. The summed E-state index contributed by atoms with van der Waals surface area (Å²) in [6.07, 6.45) is 0.657. The van der Waals surface area contributed by atoms with Gasteiger partial charge in [0.25, 0.3) is 5.69 Å². The van der Waals surface area contributed by atoms with E-state index in [0.717, 1.165) is 48.8 Å². The predicted molar refractivity (Wildman–Crippen MR) is 117 cm³/mol. The number of halogens is 1. The Hall–Kier alpha value is -2.64. The van der Waals surface area contributed by atoms with Gasteiger partial charge in [-0.1, -0.05) is 26.0 Å². The minimum absolute atomic E-state index is 0. The van der Waals surface area contributed by atoms with Crippen molar-refractivity contribution < 1.29 is 9.66 Å². The van der Waals surface area contributed by atoms with Crippen LogP contribution in [-0.2, 0) is 13.0 Å². The van der Waals surface area contributed by atoms with Crippen molar-refractivity contribution in [3.63, 3.8) is 0 Å². The second kappa shape index (κ2) is 10.2. The van der Waals surface area contributed by atoms with Crippen LogP contribution in [0, 0.1) is 10.1 Å². The molecule has 3 aromatic rings. The third kappa shape index (κ3) is 5.25. The Bertz CT molecular complexity index is 952. The van der Waals surface area contributed by atoms with Crippen molar-refractivity contribution >= 4 is 29.1 Å². The maximum absolute atomic E-state index is 11.1. The lowest BCUT2D eigenvalue weighted by atomic mass is 10.1. The smallest absolute Gasteiger partial charge is 0.271 e. The zero-order valence-electron chi connectivity index (χ0n) is 17.0. The van der Waals surface area contributed by atoms with E-state index in [1.807, 2.05) is 24.3 Å². The second-order valence-corrected chi connectivity index (χ2v) is 6.66. The molecule has 0 fully saturated rings. The molecule has 7 nitrogen and oxygen atoms in total. The van der Waals surface area contributed by atoms with Gasteiger partial charge in [-0.05, 0) is 36.9 Å². The van der Waals surface area contributed by atoms with Crippen LogP contribution >= 0.6 is 12.4 Å². The van der Waals surface area contributed by atoms with Crippen molar-refractivity contribution in [2.24, 2.45) is 0 Å². The van der Waals surface area contributed by atoms with E-state index in [1.165, 1.54) is 0 Å². The van der Waals surface area contributed by atoms with Gasteiger partial charge in [-0.15, -0.1) is 12.4 Å². The van der Waals surface area contributed by atoms with Crippen molar-refractivity contribution in [2.45, 2.75) is 26.8 Å². The van der Waals surface area contributed by atoms with Crippen LogP contribution in [0.1, 0.15) is 25.2 Å². The number of non-ortho nitro benzene ring substituents is 1. The number of fused-ring (bicyclic) bond motifs is 1. The molecule has 0 bridgehead atoms. The first-order valence-corrected chi connectivity index (χ1v) is 9.54. The lowest BCUT2D eigenvalue weighted by Gasteiger charge is -2.19. The van der Waals surface area contributed by atoms with E-state index >= 15 is 0 Å². The van der Waals surface area contributed by atoms with Crippen molar-refractivity contribution in [3.8, 4) is 5.75 Å². The summed E-state index contributed by atoms with van der Waals surface area (Å²) >= 11 is 0. The van der Waals surface area contributed by atoms with Crippen LogP contribution < -0.4 is 4.74 Å². The topological polar surface area (TPSA) is 73.4 Å². The fourth-order valence-corrected chi connectivity index (χ4v) is 3.37. The third-order valence-corrected chi connectivity index (χ3v) is 5.08. The number of likely N-dealkylation sites (N-methyl/N-ethyl adjacent to an activating group) is 1. The van der Waals surface area contributed by atoms with Crippen LogP contribution in [0.15, 0.2) is 42.5 Å². The number of nitro groups is 1. The van der Waals surface area contributed by atoms with Gasteiger partial charge in [-0.2, -0.15) is 0 Å². The highest BCUT2D eigenvalue weighted by atomic mass is 35.5. The fraction of sp³-hybridized carbons (Fsp3) is 0.381. The molecule has 0 N–H and O–H groups in total. The molecule has 0 atom stereocenters. The van der Waals surface area contributed by atoms with Crippen LogP contribution in [0.25, 0.3) is 11.0 Å². The lowest BCUT2D eigenvalue weighted by molar-refractivity contribution is -0.384. The van der Waals surface area contributed by atoms with Gasteiger partial charge in [0, 0.05) is 31.6 Å². The molecule has 0 saturated carbocycles. The summed E-state index contributed by atoms with van der Waals surface area (Å²) in [6.45, 7) is 7.98. The summed E-state index contributed by atoms with van der Waals surface area (Å²) in [7, 11) is 1.65. The number of aromatic nitrogens is 2. The minimum Gasteiger partial charge on any atom is -0.497 e. The van der Waals surface area contributed by atoms with E-state index in [0.29, 0.717) is 11.9 Å². The van der Waals surface area contributed by atoms with Crippen molar-refractivity contribution in [1.29, 1.82) is 0 Å². The molecule has 1 aromatic heterocycles. The van der Waals surface area contributed by atoms with E-state index in [2.05, 4.69) is 23.3 Å². The van der Waals surface area contributed by atoms with Crippen LogP contribution in [0.3, 0.4) is 0 Å². The Balaban J connectivity index is 0.00000300. The Labute approximate surface area is 176 Å². The van der Waals surface area contributed by atoms with Gasteiger partial charge in [0.05, 0.1) is 23.1 Å². The third-order valence-electron chi connectivity index (χ3n) is 5.08. The number of nitro benzene ring substituents is 1. The van der Waals surface area contributed by atoms with Gasteiger partial charge in [-0.25, -0.2) is 4.98 Å². The second-order valence-electron chi connectivity index (χ2n) is 6.66. The van der Waals surface area contributed by atoms with Gasteiger partial charge >= 0.3 is 0 Å². The molecule has 0 aliphatic carbocycles. The number of ether oxygens (including phenoxy) is 1. The van der Waals surface area contributed by atoms with Crippen LogP contribution in [0.5, 0.6) is 5.75 Å². The summed E-state index contributed by atoms with van der Waals surface area (Å²) in [5.74, 6) is 1.72. The molecule has 0 aliphatic rings. The van der Waals surface area contributed by atoms with E-state index in [1.54, 1.807) is 25.3 Å². The van der Waals surface area contributed by atoms with E-state index in [4.69, 9.17) is 9.72 Å². The summed E-state index contributed by atoms with van der Waals surface area (Å²) in [5, 5.41) is 11.1. The average molecular weight is 419 g/mol. The molecule has 0 saturated heterocycles. The normalized spacial score (nSPS) is 10.9. The molecule has 0 radical (unpaired) electrons. The molecule has 2 aromatic carbocycles. The monoisotopic (exact) mass is 418 g/mol. The summed E-state index contributed by atoms with van der Waals surface area (Å²) < 4.78 is 7.41. The maximum atomic E-state index is 11.1. The predicted octanol–water partition coefficient (Wildman–Crippen LogP) is 4.31. The molecule has 29 heavy (non-hydrogen) atoms. The molecular formula is C21H27ClN4O3. The van der Waals surface area contributed by atoms with Gasteiger partial charge in [-0.3, -0.25) is 10.1 Å². The average Bonchev–Trinajstić information content (AvgIpc) is 3.05. The Morgan fingerprint density at radius 2 is 1.83 bits per heavy atom. The molecule has 0 unspecified atom stereocenters. The van der Waals surface area contributed by atoms with E-state index < -0.39 is 0 Å². The first-order valence-electron chi connectivity index (χ1n) is 9.54. The number of rotatable bonds is 9. The molecule has 1 heterocycles. The minimum atomic E-state index is -0.377.